The molecule has 0 aliphatic heterocycles. The summed E-state index contributed by atoms with van der Waals surface area (Å²) >= 11 is 2.13. The van der Waals surface area contributed by atoms with E-state index in [4.69, 9.17) is 14.2 Å². The predicted octanol–water partition coefficient (Wildman–Crippen LogP) is 5.77. The summed E-state index contributed by atoms with van der Waals surface area (Å²) in [4.78, 5) is 31.5. The lowest BCUT2D eigenvalue weighted by Crippen LogP contribution is -2.24. The topological polar surface area (TPSA) is 79.7 Å². The highest BCUT2D eigenvalue weighted by atomic mass is 32.2. The maximum atomic E-state index is 14.3. The number of esters is 1. The van der Waals surface area contributed by atoms with Crippen molar-refractivity contribution in [3.63, 3.8) is 0 Å². The Morgan fingerprint density at radius 3 is 2.47 bits per heavy atom. The number of hydrogen-bond donors (Lipinski definition) is 0. The van der Waals surface area contributed by atoms with Gasteiger partial charge in [0, 0.05) is 17.9 Å². The fourth-order valence-electron chi connectivity index (χ4n) is 3.98. The van der Waals surface area contributed by atoms with Gasteiger partial charge >= 0.3 is 5.97 Å². The first-order chi connectivity index (χ1) is 18.3. The Labute approximate surface area is 226 Å². The number of methoxy groups -OCH3 is 2. The third kappa shape index (κ3) is 5.53. The fourth-order valence-corrected chi connectivity index (χ4v) is 6.14. The molecule has 0 atom stereocenters. The molecule has 2 aromatic carbocycles. The second kappa shape index (κ2) is 12.0. The molecule has 0 unspecified atom stereocenters. The van der Waals surface area contributed by atoms with Crippen molar-refractivity contribution in [2.24, 2.45) is 0 Å². The van der Waals surface area contributed by atoms with Gasteiger partial charge in [-0.3, -0.25) is 9.36 Å². The highest BCUT2D eigenvalue weighted by Gasteiger charge is 2.23. The van der Waals surface area contributed by atoms with Crippen LogP contribution in [-0.2, 0) is 23.5 Å². The molecule has 38 heavy (non-hydrogen) atoms. The zero-order chi connectivity index (χ0) is 27.4. The second-order valence-corrected chi connectivity index (χ2v) is 10.2. The number of hydrogen-bond acceptors (Lipinski definition) is 8. The standard InChI is InChI=1S/C27H26F2N2O5S2/c1-5-36-26(33)23-15(2)22-24(38-23)30-27(37-14-17-18(28)7-6-8-19(17)29)31(25(22)32)12-11-16-9-10-20(34-3)21(13-16)35-4/h6-10,13H,5,11-12,14H2,1-4H3. The normalized spacial score (nSPS) is 11.1. The van der Waals surface area contributed by atoms with E-state index in [1.807, 2.05) is 12.1 Å². The highest BCUT2D eigenvalue weighted by molar-refractivity contribution is 7.98. The molecule has 2 heterocycles. The molecule has 0 saturated carbocycles. The minimum Gasteiger partial charge on any atom is -0.493 e. The summed E-state index contributed by atoms with van der Waals surface area (Å²) in [7, 11) is 3.09. The van der Waals surface area contributed by atoms with Gasteiger partial charge in [-0.1, -0.05) is 23.9 Å². The van der Waals surface area contributed by atoms with E-state index in [0.29, 0.717) is 43.7 Å². The van der Waals surface area contributed by atoms with Crippen LogP contribution in [0.2, 0.25) is 0 Å². The molecule has 11 heteroatoms. The van der Waals surface area contributed by atoms with Crippen LogP contribution in [0, 0.1) is 18.6 Å². The van der Waals surface area contributed by atoms with Gasteiger partial charge in [-0.15, -0.1) is 11.3 Å². The predicted molar refractivity (Wildman–Crippen MR) is 144 cm³/mol. The van der Waals surface area contributed by atoms with Crippen LogP contribution in [0.25, 0.3) is 10.2 Å². The number of halogens is 2. The number of benzene rings is 2. The van der Waals surface area contributed by atoms with Gasteiger partial charge < -0.3 is 14.2 Å². The molecule has 0 aliphatic carbocycles. The van der Waals surface area contributed by atoms with Gasteiger partial charge in [0.25, 0.3) is 5.56 Å². The van der Waals surface area contributed by atoms with Gasteiger partial charge in [-0.2, -0.15) is 0 Å². The van der Waals surface area contributed by atoms with Crippen LogP contribution in [0.3, 0.4) is 0 Å². The van der Waals surface area contributed by atoms with Crippen LogP contribution in [0.15, 0.2) is 46.3 Å². The number of ether oxygens (including phenoxy) is 3. The first kappa shape index (κ1) is 27.6. The van der Waals surface area contributed by atoms with E-state index in [1.54, 1.807) is 34.1 Å². The maximum absolute atomic E-state index is 14.3. The van der Waals surface area contributed by atoms with Crippen molar-refractivity contribution in [1.82, 2.24) is 9.55 Å². The minimum atomic E-state index is -0.672. The third-order valence-corrected chi connectivity index (χ3v) is 8.12. The largest absolute Gasteiger partial charge is 0.493 e. The SMILES string of the molecule is CCOC(=O)c1sc2nc(SCc3c(F)cccc3F)n(CCc3ccc(OC)c(OC)c3)c(=O)c2c1C. The number of fused-ring (bicyclic) bond motifs is 1. The van der Waals surface area contributed by atoms with Crippen molar-refractivity contribution in [2.45, 2.75) is 37.7 Å². The van der Waals surface area contributed by atoms with Crippen molar-refractivity contribution in [2.75, 3.05) is 20.8 Å². The highest BCUT2D eigenvalue weighted by Crippen LogP contribution is 2.32. The first-order valence-corrected chi connectivity index (χ1v) is 13.6. The zero-order valence-electron chi connectivity index (χ0n) is 21.3. The molecular formula is C27H26F2N2O5S2. The molecule has 7 nitrogen and oxygen atoms in total. The lowest BCUT2D eigenvalue weighted by Gasteiger charge is -2.14. The van der Waals surface area contributed by atoms with Crippen molar-refractivity contribution >= 4 is 39.3 Å². The molecule has 0 spiro atoms. The molecule has 2 aromatic heterocycles. The molecule has 0 fully saturated rings. The van der Waals surface area contributed by atoms with Crippen LogP contribution in [0.5, 0.6) is 11.5 Å². The monoisotopic (exact) mass is 560 g/mol. The van der Waals surface area contributed by atoms with Crippen molar-refractivity contribution in [3.05, 3.63) is 80.0 Å². The summed E-state index contributed by atoms with van der Waals surface area (Å²) in [6.07, 6.45) is 0.447. The lowest BCUT2D eigenvalue weighted by molar-refractivity contribution is 0.0531. The average molecular weight is 561 g/mol. The quantitative estimate of drug-likeness (QED) is 0.138. The zero-order valence-corrected chi connectivity index (χ0v) is 22.9. The Hall–Kier alpha value is -3.44. The molecule has 4 rings (SSSR count). The Bertz CT molecular complexity index is 1530. The minimum absolute atomic E-state index is 0.0676. The van der Waals surface area contributed by atoms with Gasteiger partial charge in [-0.05, 0) is 55.7 Å². The van der Waals surface area contributed by atoms with Crippen molar-refractivity contribution in [1.29, 1.82) is 0 Å². The number of thiophene rings is 1. The van der Waals surface area contributed by atoms with E-state index in [9.17, 15) is 18.4 Å². The van der Waals surface area contributed by atoms with E-state index in [2.05, 4.69) is 4.98 Å². The van der Waals surface area contributed by atoms with Gasteiger partial charge in [0.2, 0.25) is 0 Å². The summed E-state index contributed by atoms with van der Waals surface area (Å²) in [6, 6.07) is 9.15. The van der Waals surface area contributed by atoms with Crippen molar-refractivity contribution < 1.29 is 27.8 Å². The van der Waals surface area contributed by atoms with Gasteiger partial charge in [0.05, 0.1) is 26.2 Å². The Morgan fingerprint density at radius 2 is 1.82 bits per heavy atom. The number of carbonyl (C=O) groups excluding carboxylic acids is 1. The van der Waals surface area contributed by atoms with E-state index in [0.717, 1.165) is 28.7 Å². The van der Waals surface area contributed by atoms with Gasteiger partial charge in [-0.25, -0.2) is 18.6 Å². The first-order valence-electron chi connectivity index (χ1n) is 11.8. The number of nitrogens with zero attached hydrogens (tertiary/aromatic N) is 2. The van der Waals surface area contributed by atoms with E-state index in [-0.39, 0.29) is 30.0 Å². The smallest absolute Gasteiger partial charge is 0.348 e. The van der Waals surface area contributed by atoms with E-state index >= 15 is 0 Å². The third-order valence-electron chi connectivity index (χ3n) is 5.96. The average Bonchev–Trinajstić information content (AvgIpc) is 3.24. The van der Waals surface area contributed by atoms with E-state index < -0.39 is 17.6 Å². The van der Waals surface area contributed by atoms with Crippen molar-refractivity contribution in [3.8, 4) is 11.5 Å². The number of rotatable bonds is 10. The molecule has 0 bridgehead atoms. The number of aryl methyl sites for hydroxylation is 2. The van der Waals surface area contributed by atoms with Crippen LogP contribution >= 0.6 is 23.1 Å². The summed E-state index contributed by atoms with van der Waals surface area (Å²) in [5.41, 5.74) is 0.946. The van der Waals surface area contributed by atoms with Crippen LogP contribution in [0.4, 0.5) is 8.78 Å². The van der Waals surface area contributed by atoms with Crippen LogP contribution < -0.4 is 15.0 Å². The van der Waals surface area contributed by atoms with Crippen LogP contribution in [-0.4, -0.2) is 36.3 Å². The van der Waals surface area contributed by atoms with Gasteiger partial charge in [0.15, 0.2) is 16.7 Å². The number of carbonyl (C=O) groups is 1. The molecule has 0 aliphatic rings. The summed E-state index contributed by atoms with van der Waals surface area (Å²) in [5, 5.41) is 0.620. The fraction of sp³-hybridized carbons (Fsp3) is 0.296. The molecule has 4 aromatic rings. The molecule has 0 radical (unpaired) electrons. The van der Waals surface area contributed by atoms with E-state index in [1.165, 1.54) is 22.8 Å². The van der Waals surface area contributed by atoms with Crippen LogP contribution in [0.1, 0.15) is 33.3 Å². The number of aromatic nitrogens is 2. The lowest BCUT2D eigenvalue weighted by atomic mass is 10.1. The molecule has 0 saturated heterocycles. The Kier molecular flexibility index (Phi) is 8.68. The summed E-state index contributed by atoms with van der Waals surface area (Å²) < 4.78 is 45.9. The summed E-state index contributed by atoms with van der Waals surface area (Å²) in [5.74, 6) is -0.791. The molecule has 0 N–H and O–H groups in total. The molecule has 200 valence electrons. The second-order valence-electron chi connectivity index (χ2n) is 8.24. The summed E-state index contributed by atoms with van der Waals surface area (Å²) in [6.45, 7) is 3.83. The maximum Gasteiger partial charge on any atom is 0.348 e. The molecular weight excluding hydrogens is 534 g/mol. The molecule has 0 amide bonds. The Morgan fingerprint density at radius 1 is 1.11 bits per heavy atom. The number of thioether (sulfide) groups is 1. The van der Waals surface area contributed by atoms with Gasteiger partial charge in [0.1, 0.15) is 21.3 Å². The Balaban J connectivity index is 1.76.